The summed E-state index contributed by atoms with van der Waals surface area (Å²) in [7, 11) is 0. The van der Waals surface area contributed by atoms with Crippen molar-refractivity contribution >= 4 is 0 Å². The fourth-order valence-corrected chi connectivity index (χ4v) is 6.17. The van der Waals surface area contributed by atoms with Gasteiger partial charge in [-0.1, -0.05) is 6.92 Å². The molecule has 0 unspecified atom stereocenters. The maximum absolute atomic E-state index is 11.4. The largest absolute Gasteiger partial charge is 0.384 e. The van der Waals surface area contributed by atoms with Gasteiger partial charge in [0.15, 0.2) is 11.6 Å². The molecule has 3 heterocycles. The van der Waals surface area contributed by atoms with E-state index in [0.29, 0.717) is 26.2 Å². The van der Waals surface area contributed by atoms with E-state index in [1.807, 2.05) is 13.8 Å². The van der Waals surface area contributed by atoms with Crippen molar-refractivity contribution in [1.29, 1.82) is 0 Å². The minimum atomic E-state index is -0.820. The molecular weight excluding hydrogens is 312 g/mol. The summed E-state index contributed by atoms with van der Waals surface area (Å²) < 4.78 is 30.6. The third-order valence-corrected chi connectivity index (χ3v) is 7.33. The molecule has 0 amide bonds. The van der Waals surface area contributed by atoms with E-state index in [0.717, 1.165) is 12.8 Å². The Labute approximate surface area is 142 Å². The lowest BCUT2D eigenvalue weighted by Gasteiger charge is -2.67. The van der Waals surface area contributed by atoms with Crippen molar-refractivity contribution in [3.8, 4) is 0 Å². The highest BCUT2D eigenvalue weighted by Crippen LogP contribution is 2.67. The fourth-order valence-electron chi connectivity index (χ4n) is 6.17. The molecule has 2 saturated carbocycles. The van der Waals surface area contributed by atoms with Crippen LogP contribution in [0.1, 0.15) is 47.0 Å². The van der Waals surface area contributed by atoms with Gasteiger partial charge in [-0.2, -0.15) is 0 Å². The van der Waals surface area contributed by atoms with E-state index < -0.39 is 22.8 Å². The lowest BCUT2D eigenvalue weighted by atomic mass is 9.47. The van der Waals surface area contributed by atoms with Crippen molar-refractivity contribution in [3.05, 3.63) is 0 Å². The van der Waals surface area contributed by atoms with Crippen LogP contribution < -0.4 is 0 Å². The number of fused-ring (bicyclic) bond motifs is 5. The first kappa shape index (κ1) is 16.0. The van der Waals surface area contributed by atoms with Crippen molar-refractivity contribution in [2.24, 2.45) is 11.3 Å². The average Bonchev–Trinajstić information content (AvgIpc) is 3.03. The maximum atomic E-state index is 11.4. The second kappa shape index (κ2) is 4.35. The second-order valence-corrected chi connectivity index (χ2v) is 9.24. The molecule has 6 atom stereocenters. The molecule has 5 aliphatic rings. The predicted molar refractivity (Wildman–Crippen MR) is 83.2 cm³/mol. The molecule has 5 fully saturated rings. The zero-order valence-corrected chi connectivity index (χ0v) is 15.0. The third kappa shape index (κ3) is 1.72. The molecule has 2 aliphatic carbocycles. The molecule has 0 aromatic carbocycles. The highest BCUT2D eigenvalue weighted by Gasteiger charge is 2.76. The Morgan fingerprint density at radius 2 is 1.62 bits per heavy atom. The summed E-state index contributed by atoms with van der Waals surface area (Å²) in [5.41, 5.74) is -1.55. The first-order valence-corrected chi connectivity index (χ1v) is 9.13. The zero-order valence-electron chi connectivity index (χ0n) is 15.0. The summed E-state index contributed by atoms with van der Waals surface area (Å²) in [5, 5.41) is 11.4. The topological polar surface area (TPSA) is 66.4 Å². The molecule has 3 saturated heterocycles. The Hall–Kier alpha value is -0.240. The van der Waals surface area contributed by atoms with Crippen LogP contribution in [0.2, 0.25) is 0 Å². The molecule has 136 valence electrons. The summed E-state index contributed by atoms with van der Waals surface area (Å²) in [4.78, 5) is 0. The van der Waals surface area contributed by atoms with Crippen LogP contribution in [-0.2, 0) is 23.7 Å². The van der Waals surface area contributed by atoms with Crippen LogP contribution in [0.3, 0.4) is 0 Å². The number of ether oxygens (including phenoxy) is 5. The number of rotatable bonds is 0. The van der Waals surface area contributed by atoms with E-state index in [1.165, 1.54) is 0 Å². The van der Waals surface area contributed by atoms with E-state index in [-0.39, 0.29) is 23.5 Å². The molecule has 6 heteroatoms. The van der Waals surface area contributed by atoms with Gasteiger partial charge in [-0.15, -0.1) is 0 Å². The third-order valence-electron chi connectivity index (χ3n) is 7.33. The molecule has 3 aliphatic heterocycles. The molecule has 24 heavy (non-hydrogen) atoms. The summed E-state index contributed by atoms with van der Waals surface area (Å²) in [5.74, 6) is -1.30. The molecule has 1 spiro atoms. The molecule has 0 bridgehead atoms. The molecule has 5 rings (SSSR count). The number of aliphatic hydroxyl groups is 1. The normalized spacial score (nSPS) is 57.1. The van der Waals surface area contributed by atoms with Gasteiger partial charge in [0.05, 0.1) is 37.6 Å². The first-order valence-electron chi connectivity index (χ1n) is 9.13. The monoisotopic (exact) mass is 340 g/mol. The molecule has 0 aromatic rings. The summed E-state index contributed by atoms with van der Waals surface area (Å²) >= 11 is 0. The van der Waals surface area contributed by atoms with E-state index in [2.05, 4.69) is 13.8 Å². The van der Waals surface area contributed by atoms with Crippen molar-refractivity contribution in [2.45, 2.75) is 81.9 Å². The minimum absolute atomic E-state index is 0.00523. The molecule has 1 N–H and O–H groups in total. The van der Waals surface area contributed by atoms with Gasteiger partial charge in [-0.3, -0.25) is 0 Å². The van der Waals surface area contributed by atoms with Gasteiger partial charge in [0.2, 0.25) is 0 Å². The zero-order chi connectivity index (χ0) is 17.0. The first-order chi connectivity index (χ1) is 11.1. The summed E-state index contributed by atoms with van der Waals surface area (Å²) in [6, 6.07) is 0. The van der Waals surface area contributed by atoms with Crippen LogP contribution in [-0.4, -0.2) is 59.9 Å². The Morgan fingerprint density at radius 1 is 0.917 bits per heavy atom. The molecular formula is C18H28O6. The summed E-state index contributed by atoms with van der Waals surface area (Å²) in [6.45, 7) is 9.82. The lowest BCUT2D eigenvalue weighted by molar-refractivity contribution is -0.394. The van der Waals surface area contributed by atoms with Gasteiger partial charge in [0, 0.05) is 17.8 Å². The van der Waals surface area contributed by atoms with Crippen molar-refractivity contribution < 1.29 is 28.8 Å². The Balaban J connectivity index is 1.59. The van der Waals surface area contributed by atoms with Crippen molar-refractivity contribution in [3.63, 3.8) is 0 Å². The van der Waals surface area contributed by atoms with Gasteiger partial charge < -0.3 is 28.8 Å². The van der Waals surface area contributed by atoms with E-state index in [9.17, 15) is 5.11 Å². The minimum Gasteiger partial charge on any atom is -0.384 e. The Bertz CT molecular complexity index is 572. The summed E-state index contributed by atoms with van der Waals surface area (Å²) in [6.07, 6.45) is 1.82. The van der Waals surface area contributed by atoms with Crippen LogP contribution in [0, 0.1) is 11.3 Å². The van der Waals surface area contributed by atoms with E-state index in [4.69, 9.17) is 23.7 Å². The van der Waals surface area contributed by atoms with Crippen molar-refractivity contribution in [1.82, 2.24) is 0 Å². The van der Waals surface area contributed by atoms with E-state index >= 15 is 0 Å². The molecule has 6 nitrogen and oxygen atoms in total. The SMILES string of the molecule is CC1(C)O[C@H]2C[C@@]3(C)[C@@H](C[C@@]2(C)O1)[C@]1(O)CO[C@@H]1CC31OCCO1. The maximum Gasteiger partial charge on any atom is 0.176 e. The van der Waals surface area contributed by atoms with Crippen LogP contribution in [0.5, 0.6) is 0 Å². The van der Waals surface area contributed by atoms with Crippen LogP contribution in [0.4, 0.5) is 0 Å². The standard InChI is InChI=1S/C18H28O6/c1-14(2)23-12-8-15(3)11(7-16(12,4)24-14)17(19)10-20-13(17)9-18(15)21-5-6-22-18/h11-13,19H,5-10H2,1-4H3/t11-,12+,13-,15+,16-,17-/m1/s1. The average molecular weight is 340 g/mol. The van der Waals surface area contributed by atoms with Crippen LogP contribution in [0.15, 0.2) is 0 Å². The highest BCUT2D eigenvalue weighted by molar-refractivity contribution is 5.21. The fraction of sp³-hybridized carbons (Fsp3) is 1.00. The van der Waals surface area contributed by atoms with Crippen LogP contribution >= 0.6 is 0 Å². The smallest absolute Gasteiger partial charge is 0.176 e. The molecule has 0 aromatic heterocycles. The Morgan fingerprint density at radius 3 is 2.25 bits per heavy atom. The molecule has 0 radical (unpaired) electrons. The van der Waals surface area contributed by atoms with E-state index in [1.54, 1.807) is 0 Å². The van der Waals surface area contributed by atoms with Gasteiger partial charge in [-0.05, 0) is 33.6 Å². The quantitative estimate of drug-likeness (QED) is 0.722. The highest BCUT2D eigenvalue weighted by atomic mass is 16.8. The number of hydrogen-bond donors (Lipinski definition) is 1. The van der Waals surface area contributed by atoms with Gasteiger partial charge in [-0.25, -0.2) is 0 Å². The van der Waals surface area contributed by atoms with Gasteiger partial charge >= 0.3 is 0 Å². The Kier molecular flexibility index (Phi) is 2.90. The van der Waals surface area contributed by atoms with Gasteiger partial charge in [0.25, 0.3) is 0 Å². The second-order valence-electron chi connectivity index (χ2n) is 9.24. The predicted octanol–water partition coefficient (Wildman–Crippen LogP) is 1.59. The lowest BCUT2D eigenvalue weighted by Crippen LogP contribution is -2.78. The van der Waals surface area contributed by atoms with Crippen LogP contribution in [0.25, 0.3) is 0 Å². The number of hydrogen-bond acceptors (Lipinski definition) is 6. The van der Waals surface area contributed by atoms with Crippen molar-refractivity contribution in [2.75, 3.05) is 19.8 Å². The van der Waals surface area contributed by atoms with Gasteiger partial charge in [0.1, 0.15) is 5.60 Å².